The van der Waals surface area contributed by atoms with Gasteiger partial charge in [0.1, 0.15) is 0 Å². The van der Waals surface area contributed by atoms with Gasteiger partial charge in [0.05, 0.1) is 11.8 Å². The number of β-amino-alcohol motifs (C(OH)–C–C–N with tert-alkyl or cyclic N) is 1. The largest absolute Gasteiger partial charge is 0.391 e. The number of aliphatic hydroxyl groups is 1. The van der Waals surface area contributed by atoms with Crippen LogP contribution in [0.2, 0.25) is 0 Å². The molecule has 3 rings (SSSR count). The molecule has 1 aliphatic rings. The Morgan fingerprint density at radius 2 is 2.05 bits per heavy atom. The van der Waals surface area contributed by atoms with Crippen LogP contribution in [0.1, 0.15) is 11.3 Å². The lowest BCUT2D eigenvalue weighted by atomic mass is 10.0. The highest BCUT2D eigenvalue weighted by Gasteiger charge is 2.31. The Balaban J connectivity index is 1.59. The topological polar surface area (TPSA) is 62.1 Å². The van der Waals surface area contributed by atoms with E-state index < -0.39 is 0 Å². The quantitative estimate of drug-likeness (QED) is 0.894. The normalized spacial score (nSPS) is 23.1. The Labute approximate surface area is 118 Å². The first-order chi connectivity index (χ1) is 9.81. The highest BCUT2D eigenvalue weighted by atomic mass is 16.3. The zero-order chi connectivity index (χ0) is 13.8. The van der Waals surface area contributed by atoms with Gasteiger partial charge >= 0.3 is 0 Å². The summed E-state index contributed by atoms with van der Waals surface area (Å²) in [4.78, 5) is 14.7. The standard InChI is InChI=1S/C15H18N4O/c20-15-11-19(9-12-2-1-3-16-7-12)10-13(15)6-14-8-17-4-5-18-14/h1-5,7-8,13,15,20H,6,9-11H2/t13-,15-/m1/s1. The summed E-state index contributed by atoms with van der Waals surface area (Å²) in [7, 11) is 0. The SMILES string of the molecule is O[C@@H]1CN(Cc2cccnc2)C[C@H]1Cc1cnccn1. The molecule has 0 amide bonds. The van der Waals surface area contributed by atoms with Crippen LogP contribution in [0.15, 0.2) is 43.1 Å². The van der Waals surface area contributed by atoms with E-state index in [4.69, 9.17) is 0 Å². The molecule has 5 heteroatoms. The van der Waals surface area contributed by atoms with Crippen molar-refractivity contribution in [2.75, 3.05) is 13.1 Å². The van der Waals surface area contributed by atoms with Crippen LogP contribution in [0.4, 0.5) is 0 Å². The van der Waals surface area contributed by atoms with Gasteiger partial charge in [0, 0.05) is 56.5 Å². The monoisotopic (exact) mass is 270 g/mol. The molecule has 0 aromatic carbocycles. The molecule has 0 unspecified atom stereocenters. The van der Waals surface area contributed by atoms with Crippen molar-refractivity contribution in [3.8, 4) is 0 Å². The number of likely N-dealkylation sites (tertiary alicyclic amines) is 1. The predicted octanol–water partition coefficient (Wildman–Crippen LogP) is 0.907. The third kappa shape index (κ3) is 3.18. The van der Waals surface area contributed by atoms with Crippen molar-refractivity contribution < 1.29 is 5.11 Å². The van der Waals surface area contributed by atoms with E-state index >= 15 is 0 Å². The molecule has 0 bridgehead atoms. The molecule has 1 N–H and O–H groups in total. The molecular weight excluding hydrogens is 252 g/mol. The number of pyridine rings is 1. The molecule has 2 aromatic rings. The molecule has 2 aromatic heterocycles. The lowest BCUT2D eigenvalue weighted by molar-refractivity contribution is 0.140. The summed E-state index contributed by atoms with van der Waals surface area (Å²) in [6.45, 7) is 2.42. The maximum atomic E-state index is 10.2. The molecule has 3 heterocycles. The van der Waals surface area contributed by atoms with Crippen LogP contribution < -0.4 is 0 Å². The number of rotatable bonds is 4. The minimum Gasteiger partial charge on any atom is -0.391 e. The summed E-state index contributed by atoms with van der Waals surface area (Å²) >= 11 is 0. The number of aromatic nitrogens is 3. The van der Waals surface area contributed by atoms with E-state index in [-0.39, 0.29) is 12.0 Å². The third-order valence-electron chi connectivity index (χ3n) is 3.70. The van der Waals surface area contributed by atoms with Crippen LogP contribution in [0.25, 0.3) is 0 Å². The summed E-state index contributed by atoms with van der Waals surface area (Å²) < 4.78 is 0. The molecule has 0 radical (unpaired) electrons. The number of hydrogen-bond donors (Lipinski definition) is 1. The molecule has 5 nitrogen and oxygen atoms in total. The molecule has 0 spiro atoms. The number of nitrogens with zero attached hydrogens (tertiary/aromatic N) is 4. The van der Waals surface area contributed by atoms with Gasteiger partial charge in [0.2, 0.25) is 0 Å². The van der Waals surface area contributed by atoms with Gasteiger partial charge in [0.15, 0.2) is 0 Å². The van der Waals surface area contributed by atoms with Gasteiger partial charge in [-0.1, -0.05) is 6.07 Å². The van der Waals surface area contributed by atoms with Gasteiger partial charge in [-0.3, -0.25) is 19.9 Å². The highest BCUT2D eigenvalue weighted by Crippen LogP contribution is 2.22. The Bertz CT molecular complexity index is 534. The molecule has 2 atom stereocenters. The fourth-order valence-electron chi connectivity index (χ4n) is 2.73. The van der Waals surface area contributed by atoms with Crippen LogP contribution in [0, 0.1) is 5.92 Å². The third-order valence-corrected chi connectivity index (χ3v) is 3.70. The average Bonchev–Trinajstić information content (AvgIpc) is 2.81. The number of aliphatic hydroxyl groups excluding tert-OH is 1. The lowest BCUT2D eigenvalue weighted by Crippen LogP contribution is -2.21. The van der Waals surface area contributed by atoms with Gasteiger partial charge in [-0.15, -0.1) is 0 Å². The van der Waals surface area contributed by atoms with Crippen molar-refractivity contribution in [1.82, 2.24) is 19.9 Å². The van der Waals surface area contributed by atoms with E-state index in [1.54, 1.807) is 24.8 Å². The Hall–Kier alpha value is -1.85. The Morgan fingerprint density at radius 3 is 2.80 bits per heavy atom. The second kappa shape index (κ2) is 6.07. The van der Waals surface area contributed by atoms with Crippen molar-refractivity contribution in [2.24, 2.45) is 5.92 Å². The van der Waals surface area contributed by atoms with Gasteiger partial charge in [0.25, 0.3) is 0 Å². The fraction of sp³-hybridized carbons (Fsp3) is 0.400. The van der Waals surface area contributed by atoms with Gasteiger partial charge < -0.3 is 5.11 Å². The Kier molecular flexibility index (Phi) is 3.99. The van der Waals surface area contributed by atoms with Gasteiger partial charge in [-0.05, 0) is 18.1 Å². The van der Waals surface area contributed by atoms with E-state index in [2.05, 4.69) is 25.9 Å². The molecule has 0 saturated carbocycles. The van der Waals surface area contributed by atoms with Crippen molar-refractivity contribution in [2.45, 2.75) is 19.1 Å². The molecule has 0 aliphatic carbocycles. The van der Waals surface area contributed by atoms with Crippen molar-refractivity contribution in [3.05, 3.63) is 54.4 Å². The van der Waals surface area contributed by atoms with Gasteiger partial charge in [-0.25, -0.2) is 0 Å². The average molecular weight is 270 g/mol. The summed E-state index contributed by atoms with van der Waals surface area (Å²) in [6, 6.07) is 4.01. The van der Waals surface area contributed by atoms with Crippen LogP contribution >= 0.6 is 0 Å². The molecule has 20 heavy (non-hydrogen) atoms. The second-order valence-electron chi connectivity index (χ2n) is 5.28. The summed E-state index contributed by atoms with van der Waals surface area (Å²) in [6.07, 6.45) is 9.28. The molecule has 1 saturated heterocycles. The van der Waals surface area contributed by atoms with Crippen molar-refractivity contribution in [3.63, 3.8) is 0 Å². The highest BCUT2D eigenvalue weighted by molar-refractivity contribution is 5.09. The van der Waals surface area contributed by atoms with Gasteiger partial charge in [-0.2, -0.15) is 0 Å². The van der Waals surface area contributed by atoms with Crippen LogP contribution in [-0.4, -0.2) is 44.2 Å². The van der Waals surface area contributed by atoms with E-state index in [1.165, 1.54) is 5.56 Å². The molecule has 1 fully saturated rings. The first-order valence-corrected chi connectivity index (χ1v) is 6.85. The fourth-order valence-corrected chi connectivity index (χ4v) is 2.73. The molecule has 1 aliphatic heterocycles. The Morgan fingerprint density at radius 1 is 1.15 bits per heavy atom. The maximum Gasteiger partial charge on any atom is 0.0711 e. The maximum absolute atomic E-state index is 10.2. The summed E-state index contributed by atoms with van der Waals surface area (Å²) in [5.74, 6) is 0.225. The zero-order valence-electron chi connectivity index (χ0n) is 11.3. The van der Waals surface area contributed by atoms with E-state index in [1.807, 2.05) is 12.3 Å². The van der Waals surface area contributed by atoms with E-state index in [0.29, 0.717) is 6.54 Å². The zero-order valence-corrected chi connectivity index (χ0v) is 11.3. The summed E-state index contributed by atoms with van der Waals surface area (Å²) in [5, 5.41) is 10.2. The summed E-state index contributed by atoms with van der Waals surface area (Å²) in [5.41, 5.74) is 2.12. The van der Waals surface area contributed by atoms with Crippen molar-refractivity contribution in [1.29, 1.82) is 0 Å². The minimum absolute atomic E-state index is 0.225. The minimum atomic E-state index is -0.298. The van der Waals surface area contributed by atoms with Crippen LogP contribution in [0.3, 0.4) is 0 Å². The second-order valence-corrected chi connectivity index (χ2v) is 5.28. The lowest BCUT2D eigenvalue weighted by Gasteiger charge is -2.15. The molecule has 104 valence electrons. The predicted molar refractivity (Wildman–Crippen MR) is 74.7 cm³/mol. The van der Waals surface area contributed by atoms with E-state index in [9.17, 15) is 5.11 Å². The number of hydrogen-bond acceptors (Lipinski definition) is 5. The van der Waals surface area contributed by atoms with Crippen LogP contribution in [-0.2, 0) is 13.0 Å². The van der Waals surface area contributed by atoms with Crippen molar-refractivity contribution >= 4 is 0 Å². The first kappa shape index (κ1) is 13.1. The van der Waals surface area contributed by atoms with E-state index in [0.717, 1.165) is 25.2 Å². The molecular formula is C15H18N4O. The smallest absolute Gasteiger partial charge is 0.0711 e. The first-order valence-electron chi connectivity index (χ1n) is 6.85. The van der Waals surface area contributed by atoms with Crippen LogP contribution in [0.5, 0.6) is 0 Å².